The lowest BCUT2D eigenvalue weighted by atomic mass is 10.1. The average Bonchev–Trinajstić information content (AvgIpc) is 3.24. The van der Waals surface area contributed by atoms with E-state index in [4.69, 9.17) is 34.8 Å². The molecular formula is C23H12Cl3N3O3. The molecule has 5 rings (SSSR count). The van der Waals surface area contributed by atoms with Crippen LogP contribution in [-0.4, -0.2) is 32.2 Å². The molecule has 0 unspecified atom stereocenters. The van der Waals surface area contributed by atoms with E-state index >= 15 is 0 Å². The fourth-order valence-corrected chi connectivity index (χ4v) is 4.14. The monoisotopic (exact) mass is 483 g/mol. The Labute approximate surface area is 196 Å². The van der Waals surface area contributed by atoms with Gasteiger partial charge >= 0.3 is 0 Å². The minimum Gasteiger partial charge on any atom is -0.269 e. The summed E-state index contributed by atoms with van der Waals surface area (Å²) >= 11 is 18.3. The molecule has 32 heavy (non-hydrogen) atoms. The number of carbonyl (C=O) groups is 3. The number of fused-ring (bicyclic) bond motifs is 2. The lowest BCUT2D eigenvalue weighted by Crippen LogP contribution is -2.31. The molecule has 0 saturated heterocycles. The molecule has 9 heteroatoms. The summed E-state index contributed by atoms with van der Waals surface area (Å²) in [6.07, 6.45) is 0. The van der Waals surface area contributed by atoms with E-state index < -0.39 is 17.7 Å². The van der Waals surface area contributed by atoms with Gasteiger partial charge < -0.3 is 0 Å². The Bertz CT molecular complexity index is 1410. The van der Waals surface area contributed by atoms with Crippen molar-refractivity contribution in [2.24, 2.45) is 0 Å². The summed E-state index contributed by atoms with van der Waals surface area (Å²) in [5.41, 5.74) is 1.80. The van der Waals surface area contributed by atoms with E-state index in [1.54, 1.807) is 48.5 Å². The molecule has 0 spiro atoms. The largest absolute Gasteiger partial charge is 0.269 e. The number of nitrogens with zero attached hydrogens (tertiary/aromatic N) is 3. The van der Waals surface area contributed by atoms with Crippen LogP contribution >= 0.6 is 34.8 Å². The molecule has 2 amide bonds. The molecule has 2 heterocycles. The van der Waals surface area contributed by atoms with Crippen LogP contribution in [0.3, 0.4) is 0 Å². The Balaban J connectivity index is 1.64. The van der Waals surface area contributed by atoms with Gasteiger partial charge in [0.2, 0.25) is 0 Å². The number of carbonyl (C=O) groups excluding carboxylic acids is 3. The average molecular weight is 485 g/mol. The smallest absolute Gasteiger partial charge is 0.263 e. The fraction of sp³-hybridized carbons (Fsp3) is 0.0435. The zero-order valence-corrected chi connectivity index (χ0v) is 18.4. The van der Waals surface area contributed by atoms with Gasteiger partial charge in [0.15, 0.2) is 0 Å². The van der Waals surface area contributed by atoms with Crippen LogP contribution in [0.15, 0.2) is 60.7 Å². The molecular weight excluding hydrogens is 473 g/mol. The zero-order valence-electron chi connectivity index (χ0n) is 16.2. The van der Waals surface area contributed by atoms with Crippen molar-refractivity contribution < 1.29 is 14.4 Å². The number of imide groups is 1. The third kappa shape index (κ3) is 3.28. The Hall–Kier alpha value is -3.19. The molecule has 0 atom stereocenters. The van der Waals surface area contributed by atoms with Crippen LogP contribution in [0.1, 0.15) is 36.9 Å². The molecule has 1 aliphatic heterocycles. The van der Waals surface area contributed by atoms with E-state index in [9.17, 15) is 14.4 Å². The molecule has 0 bridgehead atoms. The van der Waals surface area contributed by atoms with Gasteiger partial charge in [0.05, 0.1) is 38.8 Å². The third-order valence-corrected chi connectivity index (χ3v) is 6.21. The van der Waals surface area contributed by atoms with Gasteiger partial charge in [-0.3, -0.25) is 23.9 Å². The van der Waals surface area contributed by atoms with Crippen LogP contribution in [0.5, 0.6) is 0 Å². The number of amides is 2. The van der Waals surface area contributed by atoms with Gasteiger partial charge in [-0.15, -0.1) is 0 Å². The number of imidazole rings is 1. The van der Waals surface area contributed by atoms with Crippen molar-refractivity contribution >= 4 is 63.6 Å². The van der Waals surface area contributed by atoms with Gasteiger partial charge in [0, 0.05) is 10.6 Å². The summed E-state index contributed by atoms with van der Waals surface area (Å²) in [5, 5.41) is 1.00. The van der Waals surface area contributed by atoms with Crippen molar-refractivity contribution in [3.63, 3.8) is 0 Å². The van der Waals surface area contributed by atoms with Crippen molar-refractivity contribution in [1.29, 1.82) is 0 Å². The summed E-state index contributed by atoms with van der Waals surface area (Å²) in [4.78, 5) is 44.7. The van der Waals surface area contributed by atoms with Crippen LogP contribution in [0.4, 0.5) is 0 Å². The first-order chi connectivity index (χ1) is 15.3. The van der Waals surface area contributed by atoms with Crippen molar-refractivity contribution in [1.82, 2.24) is 14.5 Å². The van der Waals surface area contributed by atoms with Gasteiger partial charge in [-0.25, -0.2) is 4.98 Å². The van der Waals surface area contributed by atoms with E-state index in [0.717, 1.165) is 4.90 Å². The number of aromatic nitrogens is 2. The van der Waals surface area contributed by atoms with Gasteiger partial charge in [0.25, 0.3) is 17.7 Å². The van der Waals surface area contributed by atoms with Crippen molar-refractivity contribution in [2.75, 3.05) is 0 Å². The Morgan fingerprint density at radius 2 is 1.44 bits per heavy atom. The van der Waals surface area contributed by atoms with E-state index in [0.29, 0.717) is 32.7 Å². The number of halogens is 3. The maximum Gasteiger partial charge on any atom is 0.263 e. The van der Waals surface area contributed by atoms with Crippen molar-refractivity contribution in [3.05, 3.63) is 98.2 Å². The summed E-state index contributed by atoms with van der Waals surface area (Å²) in [5.74, 6) is -1.10. The number of rotatable bonds is 3. The van der Waals surface area contributed by atoms with Gasteiger partial charge in [-0.1, -0.05) is 46.9 Å². The number of hydrogen-bond donors (Lipinski definition) is 0. The molecule has 0 aliphatic carbocycles. The highest BCUT2D eigenvalue weighted by atomic mass is 35.5. The SMILES string of the molecule is O=C1c2ccccc2C(=O)N1Cc1nc2cc(Cl)c(Cl)cc2n1C(=O)c1ccc(Cl)cc1. The zero-order chi connectivity index (χ0) is 22.6. The lowest BCUT2D eigenvalue weighted by Gasteiger charge is -2.15. The van der Waals surface area contributed by atoms with Crippen molar-refractivity contribution in [3.8, 4) is 0 Å². The summed E-state index contributed by atoms with van der Waals surface area (Å²) in [7, 11) is 0. The molecule has 0 saturated carbocycles. The molecule has 3 aromatic carbocycles. The second-order valence-corrected chi connectivity index (χ2v) is 8.42. The summed E-state index contributed by atoms with van der Waals surface area (Å²) < 4.78 is 1.34. The molecule has 6 nitrogen and oxygen atoms in total. The minimum atomic E-state index is -0.445. The summed E-state index contributed by atoms with van der Waals surface area (Å²) in [6.45, 7) is -0.199. The molecule has 4 aromatic rings. The minimum absolute atomic E-state index is 0.199. The number of hydrogen-bond acceptors (Lipinski definition) is 4. The highest BCUT2D eigenvalue weighted by Gasteiger charge is 2.36. The van der Waals surface area contributed by atoms with E-state index in [1.165, 1.54) is 16.7 Å². The Kier molecular flexibility index (Phi) is 5.01. The highest BCUT2D eigenvalue weighted by Crippen LogP contribution is 2.31. The first kappa shape index (κ1) is 20.7. The second-order valence-electron chi connectivity index (χ2n) is 7.17. The third-order valence-electron chi connectivity index (χ3n) is 5.24. The van der Waals surface area contributed by atoms with E-state index in [-0.39, 0.29) is 22.4 Å². The molecule has 1 aliphatic rings. The molecule has 0 fully saturated rings. The van der Waals surface area contributed by atoms with Crippen LogP contribution in [0.25, 0.3) is 11.0 Å². The van der Waals surface area contributed by atoms with Gasteiger partial charge in [0.1, 0.15) is 5.82 Å². The van der Waals surface area contributed by atoms with E-state index in [2.05, 4.69) is 4.98 Å². The predicted molar refractivity (Wildman–Crippen MR) is 122 cm³/mol. The van der Waals surface area contributed by atoms with Crippen LogP contribution in [-0.2, 0) is 6.54 Å². The Morgan fingerprint density at radius 1 is 0.844 bits per heavy atom. The second kappa shape index (κ2) is 7.74. The standard InChI is InChI=1S/C23H12Cl3N3O3/c24-13-7-5-12(6-8-13)21(30)29-19-10-17(26)16(25)9-18(19)27-20(29)11-28-22(31)14-3-1-2-4-15(14)23(28)32/h1-10H,11H2. The lowest BCUT2D eigenvalue weighted by molar-refractivity contribution is 0.0633. The molecule has 0 radical (unpaired) electrons. The quantitative estimate of drug-likeness (QED) is 0.361. The first-order valence-corrected chi connectivity index (χ1v) is 10.6. The predicted octanol–water partition coefficient (Wildman–Crippen LogP) is 5.48. The maximum atomic E-state index is 13.4. The van der Waals surface area contributed by atoms with Gasteiger partial charge in [-0.2, -0.15) is 0 Å². The van der Waals surface area contributed by atoms with Crippen LogP contribution in [0.2, 0.25) is 15.1 Å². The summed E-state index contributed by atoms with van der Waals surface area (Å²) in [6, 6.07) is 16.0. The van der Waals surface area contributed by atoms with Gasteiger partial charge in [-0.05, 0) is 48.5 Å². The first-order valence-electron chi connectivity index (χ1n) is 9.47. The topological polar surface area (TPSA) is 72.3 Å². The van der Waals surface area contributed by atoms with Crippen LogP contribution < -0.4 is 0 Å². The molecule has 0 N–H and O–H groups in total. The van der Waals surface area contributed by atoms with E-state index in [1.807, 2.05) is 0 Å². The molecule has 1 aromatic heterocycles. The normalized spacial score (nSPS) is 13.2. The number of benzene rings is 3. The Morgan fingerprint density at radius 3 is 2.06 bits per heavy atom. The maximum absolute atomic E-state index is 13.4. The highest BCUT2D eigenvalue weighted by molar-refractivity contribution is 6.42. The van der Waals surface area contributed by atoms with Crippen molar-refractivity contribution in [2.45, 2.75) is 6.54 Å². The molecule has 158 valence electrons. The van der Waals surface area contributed by atoms with Crippen LogP contribution in [0, 0.1) is 0 Å². The fourth-order valence-electron chi connectivity index (χ4n) is 3.70.